The lowest BCUT2D eigenvalue weighted by atomic mass is 9.64. The minimum absolute atomic E-state index is 0.0571. The minimum Gasteiger partial charge on any atom is -0.455 e. The van der Waals surface area contributed by atoms with E-state index in [1.807, 2.05) is 13.8 Å². The number of methoxy groups -OCH3 is 1. The summed E-state index contributed by atoms with van der Waals surface area (Å²) in [6, 6.07) is 1.10. The summed E-state index contributed by atoms with van der Waals surface area (Å²) in [6.45, 7) is 5.45. The van der Waals surface area contributed by atoms with Crippen LogP contribution in [0.25, 0.3) is 0 Å². The zero-order valence-electron chi connectivity index (χ0n) is 12.5. The van der Waals surface area contributed by atoms with Crippen LogP contribution in [0.3, 0.4) is 0 Å². The van der Waals surface area contributed by atoms with Crippen molar-refractivity contribution in [1.29, 1.82) is 0 Å². The van der Waals surface area contributed by atoms with Gasteiger partial charge in [-0.25, -0.2) is 13.6 Å². The molecule has 7 nitrogen and oxygen atoms in total. The predicted molar refractivity (Wildman–Crippen MR) is 75.3 cm³/mol. The number of primary sulfonamides is 1. The van der Waals surface area contributed by atoms with Crippen LogP contribution in [-0.4, -0.2) is 33.6 Å². The van der Waals surface area contributed by atoms with Crippen LogP contribution < -0.4 is 10.5 Å². The zero-order valence-corrected chi connectivity index (χ0v) is 13.3. The summed E-state index contributed by atoms with van der Waals surface area (Å²) < 4.78 is 33.2. The summed E-state index contributed by atoms with van der Waals surface area (Å²) in [4.78, 5) is 12.0. The molecule has 3 N–H and O–H groups in total. The second kappa shape index (κ2) is 5.11. The second-order valence-corrected chi connectivity index (χ2v) is 7.41. The molecule has 8 heteroatoms. The van der Waals surface area contributed by atoms with Crippen LogP contribution in [0.15, 0.2) is 15.4 Å². The summed E-state index contributed by atoms with van der Waals surface area (Å²) in [5.74, 6) is -0.417. The van der Waals surface area contributed by atoms with Crippen LogP contribution in [0.2, 0.25) is 0 Å². The fraction of sp³-hybridized carbons (Fsp3) is 0.615. The molecule has 1 aliphatic carbocycles. The molecule has 118 valence electrons. The number of ether oxygens (including phenoxy) is 1. The number of sulfonamides is 1. The standard InChI is InChI=1S/C13H20N2O5S/c1-7-9(21(14,17)18)5-8(20-7)12(16)15-10-6-11(19-4)13(10,2)3/h5,10-11H,6H2,1-4H3,(H,15,16)(H2,14,17,18). The lowest BCUT2D eigenvalue weighted by Gasteiger charge is -2.51. The molecule has 1 aromatic rings. The van der Waals surface area contributed by atoms with Crippen LogP contribution in [0, 0.1) is 12.3 Å². The van der Waals surface area contributed by atoms with E-state index in [1.54, 1.807) is 7.11 Å². The molecular weight excluding hydrogens is 296 g/mol. The molecule has 2 unspecified atom stereocenters. The molecule has 1 aliphatic rings. The van der Waals surface area contributed by atoms with Gasteiger partial charge in [0.05, 0.1) is 6.10 Å². The van der Waals surface area contributed by atoms with Gasteiger partial charge in [-0.05, 0) is 13.3 Å². The van der Waals surface area contributed by atoms with E-state index in [9.17, 15) is 13.2 Å². The third-order valence-corrected chi connectivity index (χ3v) is 5.19. The Kier molecular flexibility index (Phi) is 3.90. The van der Waals surface area contributed by atoms with E-state index in [-0.39, 0.29) is 34.0 Å². The number of amides is 1. The van der Waals surface area contributed by atoms with Gasteiger partial charge in [0.15, 0.2) is 5.76 Å². The van der Waals surface area contributed by atoms with Crippen molar-refractivity contribution < 1.29 is 22.4 Å². The first-order valence-corrected chi connectivity index (χ1v) is 8.09. The number of aryl methyl sites for hydroxylation is 1. The molecule has 1 amide bonds. The Morgan fingerprint density at radius 2 is 2.14 bits per heavy atom. The summed E-state index contributed by atoms with van der Waals surface area (Å²) >= 11 is 0. The van der Waals surface area contributed by atoms with Gasteiger partial charge in [0, 0.05) is 24.6 Å². The first-order chi connectivity index (χ1) is 9.57. The van der Waals surface area contributed by atoms with E-state index in [0.29, 0.717) is 6.42 Å². The van der Waals surface area contributed by atoms with Gasteiger partial charge in [-0.1, -0.05) is 13.8 Å². The number of hydrogen-bond acceptors (Lipinski definition) is 5. The van der Waals surface area contributed by atoms with Crippen LogP contribution >= 0.6 is 0 Å². The van der Waals surface area contributed by atoms with E-state index in [2.05, 4.69) is 5.32 Å². The molecule has 0 bridgehead atoms. The van der Waals surface area contributed by atoms with Crippen molar-refractivity contribution in [2.75, 3.05) is 7.11 Å². The van der Waals surface area contributed by atoms with E-state index in [0.717, 1.165) is 6.07 Å². The summed E-state index contributed by atoms with van der Waals surface area (Å²) in [6.07, 6.45) is 0.790. The van der Waals surface area contributed by atoms with E-state index in [4.69, 9.17) is 14.3 Å². The minimum atomic E-state index is -3.90. The zero-order chi connectivity index (χ0) is 16.0. The molecule has 2 rings (SSSR count). The number of hydrogen-bond donors (Lipinski definition) is 2. The highest BCUT2D eigenvalue weighted by molar-refractivity contribution is 7.89. The average Bonchev–Trinajstić information content (AvgIpc) is 2.75. The van der Waals surface area contributed by atoms with Crippen LogP contribution in [-0.2, 0) is 14.8 Å². The normalized spacial score (nSPS) is 24.4. The Balaban J connectivity index is 2.13. The van der Waals surface area contributed by atoms with Gasteiger partial charge in [0.2, 0.25) is 10.0 Å². The molecule has 1 heterocycles. The molecule has 0 aliphatic heterocycles. The monoisotopic (exact) mass is 316 g/mol. The van der Waals surface area contributed by atoms with E-state index >= 15 is 0 Å². The fourth-order valence-corrected chi connectivity index (χ4v) is 3.33. The maximum atomic E-state index is 12.1. The maximum absolute atomic E-state index is 12.1. The van der Waals surface area contributed by atoms with Crippen LogP contribution in [0.4, 0.5) is 0 Å². The molecule has 1 aromatic heterocycles. The molecule has 21 heavy (non-hydrogen) atoms. The maximum Gasteiger partial charge on any atom is 0.287 e. The first-order valence-electron chi connectivity index (χ1n) is 6.54. The van der Waals surface area contributed by atoms with E-state index < -0.39 is 15.9 Å². The van der Waals surface area contributed by atoms with Crippen molar-refractivity contribution in [2.24, 2.45) is 10.6 Å². The van der Waals surface area contributed by atoms with Gasteiger partial charge in [-0.2, -0.15) is 0 Å². The van der Waals surface area contributed by atoms with E-state index in [1.165, 1.54) is 6.92 Å². The Bertz CT molecular complexity index is 662. The average molecular weight is 316 g/mol. The SMILES string of the molecule is COC1CC(NC(=O)c2cc(S(N)(=O)=O)c(C)o2)C1(C)C. The third-order valence-electron chi connectivity index (χ3n) is 4.17. The Morgan fingerprint density at radius 3 is 2.57 bits per heavy atom. The summed E-state index contributed by atoms with van der Waals surface area (Å²) in [5, 5.41) is 7.88. The Morgan fingerprint density at radius 1 is 1.52 bits per heavy atom. The van der Waals surface area contributed by atoms with Crippen molar-refractivity contribution in [3.05, 3.63) is 17.6 Å². The first kappa shape index (κ1) is 16.0. The summed E-state index contributed by atoms with van der Waals surface area (Å²) in [5.41, 5.74) is -0.186. The van der Waals surface area contributed by atoms with Gasteiger partial charge in [0.1, 0.15) is 10.7 Å². The Hall–Kier alpha value is -1.38. The van der Waals surface area contributed by atoms with Crippen molar-refractivity contribution >= 4 is 15.9 Å². The predicted octanol–water partition coefficient (Wildman–Crippen LogP) is 0.779. The number of nitrogens with one attached hydrogen (secondary N) is 1. The van der Waals surface area contributed by atoms with Crippen molar-refractivity contribution in [3.8, 4) is 0 Å². The highest BCUT2D eigenvalue weighted by Gasteiger charge is 2.49. The topological polar surface area (TPSA) is 112 Å². The number of nitrogens with two attached hydrogens (primary N) is 1. The molecular formula is C13H20N2O5S. The second-order valence-electron chi connectivity index (χ2n) is 5.88. The number of furan rings is 1. The van der Waals surface area contributed by atoms with Crippen LogP contribution in [0.1, 0.15) is 36.6 Å². The molecule has 0 radical (unpaired) electrons. The summed E-state index contributed by atoms with van der Waals surface area (Å²) in [7, 11) is -2.26. The smallest absolute Gasteiger partial charge is 0.287 e. The molecule has 2 atom stereocenters. The van der Waals surface area contributed by atoms with Crippen molar-refractivity contribution in [2.45, 2.75) is 44.2 Å². The number of carbonyl (C=O) groups excluding carboxylic acids is 1. The van der Waals surface area contributed by atoms with Gasteiger partial charge >= 0.3 is 0 Å². The van der Waals surface area contributed by atoms with Crippen molar-refractivity contribution in [3.63, 3.8) is 0 Å². The van der Waals surface area contributed by atoms with Crippen LogP contribution in [0.5, 0.6) is 0 Å². The van der Waals surface area contributed by atoms with Crippen molar-refractivity contribution in [1.82, 2.24) is 5.32 Å². The van der Waals surface area contributed by atoms with Gasteiger partial charge in [-0.15, -0.1) is 0 Å². The molecule has 0 aromatic carbocycles. The third kappa shape index (κ3) is 2.83. The molecule has 1 saturated carbocycles. The number of carbonyl (C=O) groups is 1. The lowest BCUT2D eigenvalue weighted by Crippen LogP contribution is -2.61. The Labute approximate surface area is 123 Å². The highest BCUT2D eigenvalue weighted by atomic mass is 32.2. The lowest BCUT2D eigenvalue weighted by molar-refractivity contribution is -0.0943. The highest BCUT2D eigenvalue weighted by Crippen LogP contribution is 2.42. The molecule has 1 fully saturated rings. The van der Waals surface area contributed by atoms with Gasteiger partial charge in [0.25, 0.3) is 5.91 Å². The number of rotatable bonds is 4. The largest absolute Gasteiger partial charge is 0.455 e. The quantitative estimate of drug-likeness (QED) is 0.852. The molecule has 0 spiro atoms. The molecule has 0 saturated heterocycles. The fourth-order valence-electron chi connectivity index (χ4n) is 2.62. The van der Waals surface area contributed by atoms with Gasteiger partial charge in [-0.3, -0.25) is 4.79 Å². The van der Waals surface area contributed by atoms with Gasteiger partial charge < -0.3 is 14.5 Å².